The Balaban J connectivity index is 1.68. The second kappa shape index (κ2) is 7.97. The fraction of sp³-hybridized carbons (Fsp3) is 0.238. The number of ether oxygens (including phenoxy) is 2. The molecule has 0 aromatic heterocycles. The number of anilines is 1. The van der Waals surface area contributed by atoms with Gasteiger partial charge in [0.2, 0.25) is 0 Å². The third-order valence-corrected chi connectivity index (χ3v) is 4.29. The molecule has 0 unspecified atom stereocenters. The molecule has 1 aliphatic rings. The number of nitrogens with zero attached hydrogens (tertiary/aromatic N) is 1. The van der Waals surface area contributed by atoms with Crippen LogP contribution in [0.2, 0.25) is 0 Å². The van der Waals surface area contributed by atoms with E-state index in [1.54, 1.807) is 37.2 Å². The zero-order chi connectivity index (χ0) is 18.5. The van der Waals surface area contributed by atoms with Crippen molar-refractivity contribution in [1.29, 1.82) is 0 Å². The lowest BCUT2D eigenvalue weighted by molar-refractivity contribution is -0.114. The van der Waals surface area contributed by atoms with Crippen LogP contribution in [0.1, 0.15) is 28.4 Å². The van der Waals surface area contributed by atoms with Crippen LogP contribution in [0.3, 0.4) is 0 Å². The van der Waals surface area contributed by atoms with E-state index in [-0.39, 0.29) is 18.5 Å². The molecule has 0 radical (unpaired) electrons. The van der Waals surface area contributed by atoms with Gasteiger partial charge in [0, 0.05) is 31.0 Å². The Morgan fingerprint density at radius 2 is 1.92 bits per heavy atom. The van der Waals surface area contributed by atoms with Crippen molar-refractivity contribution in [3.05, 3.63) is 65.2 Å². The fourth-order valence-corrected chi connectivity index (χ4v) is 2.91. The maximum absolute atomic E-state index is 12.5. The summed E-state index contributed by atoms with van der Waals surface area (Å²) in [6.07, 6.45) is 4.12. The van der Waals surface area contributed by atoms with Gasteiger partial charge in [-0.1, -0.05) is 12.1 Å². The summed E-state index contributed by atoms with van der Waals surface area (Å²) in [6, 6.07) is 12.9. The normalized spacial score (nSPS) is 13.1. The molecule has 2 aromatic rings. The first-order valence-electron chi connectivity index (χ1n) is 8.44. The summed E-state index contributed by atoms with van der Waals surface area (Å²) in [4.78, 5) is 25.8. The number of ketones is 1. The van der Waals surface area contributed by atoms with Crippen LogP contribution in [0, 0.1) is 0 Å². The average molecular weight is 351 g/mol. The van der Waals surface area contributed by atoms with Crippen LogP contribution < -0.4 is 9.64 Å². The van der Waals surface area contributed by atoms with E-state index >= 15 is 0 Å². The number of hydrogen-bond donors (Lipinski definition) is 0. The molecule has 5 nitrogen and oxygen atoms in total. The third-order valence-electron chi connectivity index (χ3n) is 4.29. The topological polar surface area (TPSA) is 55.8 Å². The molecule has 0 bridgehead atoms. The van der Waals surface area contributed by atoms with Gasteiger partial charge in [0.25, 0.3) is 5.91 Å². The van der Waals surface area contributed by atoms with Gasteiger partial charge >= 0.3 is 0 Å². The first kappa shape index (κ1) is 17.9. The lowest BCUT2D eigenvalue weighted by Gasteiger charge is -2.15. The van der Waals surface area contributed by atoms with Crippen molar-refractivity contribution < 1.29 is 19.1 Å². The number of amides is 1. The van der Waals surface area contributed by atoms with Crippen LogP contribution in [0.25, 0.3) is 6.08 Å². The number of rotatable bonds is 6. The molecule has 1 heterocycles. The lowest BCUT2D eigenvalue weighted by atomic mass is 10.1. The van der Waals surface area contributed by atoms with E-state index in [9.17, 15) is 9.59 Å². The predicted molar refractivity (Wildman–Crippen MR) is 100 cm³/mol. The molecule has 0 spiro atoms. The lowest BCUT2D eigenvalue weighted by Crippen LogP contribution is -2.26. The zero-order valence-corrected chi connectivity index (χ0v) is 14.9. The van der Waals surface area contributed by atoms with Gasteiger partial charge in [0.15, 0.2) is 12.6 Å². The van der Waals surface area contributed by atoms with Crippen LogP contribution >= 0.6 is 0 Å². The molecule has 1 amide bonds. The van der Waals surface area contributed by atoms with E-state index in [4.69, 9.17) is 9.47 Å². The van der Waals surface area contributed by atoms with Crippen molar-refractivity contribution in [2.24, 2.45) is 0 Å². The van der Waals surface area contributed by atoms with Gasteiger partial charge in [-0.25, -0.2) is 0 Å². The zero-order valence-electron chi connectivity index (χ0n) is 14.9. The molecule has 2 aromatic carbocycles. The monoisotopic (exact) mass is 351 g/mol. The number of fused-ring (bicyclic) bond motifs is 1. The Morgan fingerprint density at radius 3 is 2.62 bits per heavy atom. The minimum atomic E-state index is -0.0703. The summed E-state index contributed by atoms with van der Waals surface area (Å²) in [5.41, 5.74) is 3.52. The van der Waals surface area contributed by atoms with E-state index in [0.717, 1.165) is 23.2 Å². The van der Waals surface area contributed by atoms with Crippen molar-refractivity contribution in [2.75, 3.05) is 25.3 Å². The molecular formula is C21H21NO4. The molecule has 26 heavy (non-hydrogen) atoms. The van der Waals surface area contributed by atoms with Crippen LogP contribution in [-0.4, -0.2) is 32.1 Å². The molecule has 0 N–H and O–H groups in total. The van der Waals surface area contributed by atoms with Gasteiger partial charge < -0.3 is 14.4 Å². The Kier molecular flexibility index (Phi) is 5.49. The van der Waals surface area contributed by atoms with Crippen molar-refractivity contribution in [3.8, 4) is 5.75 Å². The van der Waals surface area contributed by atoms with Crippen molar-refractivity contribution in [2.45, 2.75) is 13.3 Å². The summed E-state index contributed by atoms with van der Waals surface area (Å²) in [7, 11) is 1.57. The van der Waals surface area contributed by atoms with Crippen molar-refractivity contribution in [3.63, 3.8) is 0 Å². The highest BCUT2D eigenvalue weighted by atomic mass is 16.7. The van der Waals surface area contributed by atoms with E-state index in [0.29, 0.717) is 17.9 Å². The first-order valence-corrected chi connectivity index (χ1v) is 8.44. The summed E-state index contributed by atoms with van der Waals surface area (Å²) in [6.45, 7) is 2.38. The Labute approximate surface area is 152 Å². The van der Waals surface area contributed by atoms with Gasteiger partial charge in [-0.3, -0.25) is 9.59 Å². The van der Waals surface area contributed by atoms with Gasteiger partial charge in [-0.2, -0.15) is 0 Å². The summed E-state index contributed by atoms with van der Waals surface area (Å²) >= 11 is 0. The molecule has 5 heteroatoms. The number of Topliss-reactive ketones (excluding diaryl/α,β-unsaturated/α-hetero) is 1. The number of carbonyl (C=O) groups is 2. The molecule has 3 rings (SSSR count). The van der Waals surface area contributed by atoms with Gasteiger partial charge in [-0.05, 0) is 60.9 Å². The summed E-state index contributed by atoms with van der Waals surface area (Å²) in [5, 5.41) is 0. The standard InChI is InChI=1S/C21H21NO4/c1-15(23)17-6-9-20-18(13-17)11-12-22(20)21(24)10-5-16-3-7-19(8-4-16)26-14-25-2/h3-10,13H,11-12,14H2,1-2H3/b10-5+. The maximum atomic E-state index is 12.5. The number of hydrogen-bond acceptors (Lipinski definition) is 4. The second-order valence-corrected chi connectivity index (χ2v) is 6.09. The van der Waals surface area contributed by atoms with Crippen LogP contribution in [0.4, 0.5) is 5.69 Å². The van der Waals surface area contributed by atoms with E-state index < -0.39 is 0 Å². The highest BCUT2D eigenvalue weighted by molar-refractivity contribution is 6.05. The Hall–Kier alpha value is -2.92. The highest BCUT2D eigenvalue weighted by Gasteiger charge is 2.23. The van der Waals surface area contributed by atoms with Gasteiger partial charge in [0.1, 0.15) is 5.75 Å². The second-order valence-electron chi connectivity index (χ2n) is 6.09. The van der Waals surface area contributed by atoms with E-state index in [2.05, 4.69) is 0 Å². The van der Waals surface area contributed by atoms with Gasteiger partial charge in [-0.15, -0.1) is 0 Å². The predicted octanol–water partition coefficient (Wildman–Crippen LogP) is 3.47. The van der Waals surface area contributed by atoms with Crippen molar-refractivity contribution >= 4 is 23.5 Å². The molecular weight excluding hydrogens is 330 g/mol. The summed E-state index contributed by atoms with van der Waals surface area (Å²) in [5.74, 6) is 0.680. The van der Waals surface area contributed by atoms with Crippen molar-refractivity contribution in [1.82, 2.24) is 0 Å². The molecule has 134 valence electrons. The summed E-state index contributed by atoms with van der Waals surface area (Å²) < 4.78 is 10.2. The van der Waals surface area contributed by atoms with E-state index in [1.807, 2.05) is 36.4 Å². The Morgan fingerprint density at radius 1 is 1.15 bits per heavy atom. The van der Waals surface area contributed by atoms with Crippen LogP contribution in [0.5, 0.6) is 5.75 Å². The largest absolute Gasteiger partial charge is 0.468 e. The van der Waals surface area contributed by atoms with Crippen LogP contribution in [-0.2, 0) is 16.0 Å². The Bertz CT molecular complexity index is 840. The first-order chi connectivity index (χ1) is 12.6. The number of carbonyl (C=O) groups excluding carboxylic acids is 2. The molecule has 0 saturated carbocycles. The number of methoxy groups -OCH3 is 1. The molecule has 0 aliphatic carbocycles. The molecule has 0 fully saturated rings. The van der Waals surface area contributed by atoms with E-state index in [1.165, 1.54) is 0 Å². The molecule has 1 aliphatic heterocycles. The fourth-order valence-electron chi connectivity index (χ4n) is 2.91. The highest BCUT2D eigenvalue weighted by Crippen LogP contribution is 2.29. The minimum absolute atomic E-state index is 0.0374. The smallest absolute Gasteiger partial charge is 0.251 e. The maximum Gasteiger partial charge on any atom is 0.251 e. The molecule has 0 atom stereocenters. The number of benzene rings is 2. The average Bonchev–Trinajstić information content (AvgIpc) is 3.08. The third kappa shape index (κ3) is 4.00. The SMILES string of the molecule is COCOc1ccc(/C=C/C(=O)N2CCc3cc(C(C)=O)ccc32)cc1. The van der Waals surface area contributed by atoms with Gasteiger partial charge in [0.05, 0.1) is 0 Å². The van der Waals surface area contributed by atoms with Crippen LogP contribution in [0.15, 0.2) is 48.5 Å². The minimum Gasteiger partial charge on any atom is -0.468 e. The quantitative estimate of drug-likeness (QED) is 0.454. The molecule has 0 saturated heterocycles.